The van der Waals surface area contributed by atoms with Crippen LogP contribution in [-0.2, 0) is 0 Å². The molecule has 11 heavy (non-hydrogen) atoms. The maximum Gasteiger partial charge on any atom is 0.152 e. The fourth-order valence-electron chi connectivity index (χ4n) is 0.647. The molecule has 1 rings (SSSR count). The van der Waals surface area contributed by atoms with E-state index in [-0.39, 0.29) is 0 Å². The van der Waals surface area contributed by atoms with Crippen molar-refractivity contribution in [3.63, 3.8) is 0 Å². The summed E-state index contributed by atoms with van der Waals surface area (Å²) in [6.07, 6.45) is 0. The van der Waals surface area contributed by atoms with Crippen LogP contribution in [0.4, 0.5) is 0 Å². The fraction of sp³-hybridized carbons (Fsp3) is 0.143. The molecule has 1 nitrogen and oxygen atoms in total. The van der Waals surface area contributed by atoms with Gasteiger partial charge in [0.1, 0.15) is 0 Å². The van der Waals surface area contributed by atoms with E-state index in [9.17, 15) is 0 Å². The van der Waals surface area contributed by atoms with E-state index in [1.807, 2.05) is 0 Å². The highest BCUT2D eigenvalue weighted by atomic mass is 127. The van der Waals surface area contributed by atoms with Gasteiger partial charge < -0.3 is 4.74 Å². The van der Waals surface area contributed by atoms with Crippen molar-refractivity contribution in [2.75, 3.05) is 7.11 Å². The summed E-state index contributed by atoms with van der Waals surface area (Å²) in [6.45, 7) is 0. The predicted molar refractivity (Wildman–Crippen MR) is 57.3 cm³/mol. The van der Waals surface area contributed by atoms with E-state index in [2.05, 4.69) is 44.6 Å². The van der Waals surface area contributed by atoms with Crippen LogP contribution in [0.15, 0.2) is 10.5 Å². The summed E-state index contributed by atoms with van der Waals surface area (Å²) >= 11 is 11.3. The molecular formula is C7H4BrClIO. The van der Waals surface area contributed by atoms with Crippen LogP contribution in [0, 0.1) is 9.64 Å². The monoisotopic (exact) mass is 345 g/mol. The van der Waals surface area contributed by atoms with E-state index in [4.69, 9.17) is 16.3 Å². The molecule has 0 fully saturated rings. The predicted octanol–water partition coefficient (Wildman–Crippen LogP) is 3.52. The highest BCUT2D eigenvalue weighted by molar-refractivity contribution is 14.1. The van der Waals surface area contributed by atoms with Crippen LogP contribution in [0.3, 0.4) is 0 Å². The zero-order valence-corrected chi connectivity index (χ0v) is 10.1. The van der Waals surface area contributed by atoms with Crippen molar-refractivity contribution in [2.45, 2.75) is 0 Å². The Kier molecular flexibility index (Phi) is 3.46. The van der Waals surface area contributed by atoms with Crippen LogP contribution in [-0.4, -0.2) is 7.11 Å². The lowest BCUT2D eigenvalue weighted by Gasteiger charge is -2.05. The Morgan fingerprint density at radius 2 is 2.36 bits per heavy atom. The third-order valence-corrected chi connectivity index (χ3v) is 3.77. The van der Waals surface area contributed by atoms with Gasteiger partial charge >= 0.3 is 0 Å². The van der Waals surface area contributed by atoms with Crippen molar-refractivity contribution in [1.82, 2.24) is 0 Å². The van der Waals surface area contributed by atoms with E-state index >= 15 is 0 Å². The highest BCUT2D eigenvalue weighted by Crippen LogP contribution is 2.35. The number of hydrogen-bond donors (Lipinski definition) is 0. The molecule has 1 aromatic carbocycles. The molecule has 0 bridgehead atoms. The molecule has 0 unspecified atom stereocenters. The number of ether oxygens (including phenoxy) is 1. The van der Waals surface area contributed by atoms with Crippen LogP contribution in [0.25, 0.3) is 0 Å². The van der Waals surface area contributed by atoms with E-state index in [0.29, 0.717) is 10.8 Å². The highest BCUT2D eigenvalue weighted by Gasteiger charge is 2.08. The minimum absolute atomic E-state index is 0.569. The Bertz CT molecular complexity index is 277. The number of benzene rings is 1. The molecule has 0 heterocycles. The molecule has 0 aromatic heterocycles. The van der Waals surface area contributed by atoms with Crippen molar-refractivity contribution < 1.29 is 4.74 Å². The van der Waals surface area contributed by atoms with Gasteiger partial charge in [-0.15, -0.1) is 0 Å². The molecule has 0 aliphatic heterocycles. The first-order valence-corrected chi connectivity index (χ1v) is 5.01. The van der Waals surface area contributed by atoms with Gasteiger partial charge in [0, 0.05) is 3.57 Å². The summed E-state index contributed by atoms with van der Waals surface area (Å²) in [7, 11) is 1.59. The van der Waals surface area contributed by atoms with Gasteiger partial charge in [0.25, 0.3) is 0 Å². The van der Waals surface area contributed by atoms with Gasteiger partial charge in [-0.2, -0.15) is 0 Å². The van der Waals surface area contributed by atoms with Gasteiger partial charge in [-0.3, -0.25) is 0 Å². The van der Waals surface area contributed by atoms with E-state index in [1.165, 1.54) is 0 Å². The van der Waals surface area contributed by atoms with E-state index < -0.39 is 0 Å². The van der Waals surface area contributed by atoms with Crippen LogP contribution < -0.4 is 4.74 Å². The number of hydrogen-bond acceptors (Lipinski definition) is 1. The molecule has 0 saturated heterocycles. The third kappa shape index (κ3) is 2.00. The smallest absolute Gasteiger partial charge is 0.152 e. The average molecular weight is 346 g/mol. The Morgan fingerprint density at radius 3 is 2.82 bits per heavy atom. The lowest BCUT2D eigenvalue weighted by Crippen LogP contribution is -1.87. The Morgan fingerprint density at radius 1 is 1.73 bits per heavy atom. The first kappa shape index (κ1) is 9.61. The molecule has 0 aliphatic carbocycles. The van der Waals surface area contributed by atoms with Crippen molar-refractivity contribution in [2.24, 2.45) is 0 Å². The van der Waals surface area contributed by atoms with Crippen LogP contribution in [0.1, 0.15) is 0 Å². The molecule has 59 valence electrons. The molecule has 0 aliphatic rings. The lowest BCUT2D eigenvalue weighted by molar-refractivity contribution is 0.412. The van der Waals surface area contributed by atoms with Gasteiger partial charge in [-0.25, -0.2) is 0 Å². The molecule has 0 N–H and O–H groups in total. The largest absolute Gasteiger partial charge is 0.494 e. The maximum absolute atomic E-state index is 5.81. The molecule has 1 aromatic rings. The minimum atomic E-state index is 0.569. The second kappa shape index (κ2) is 3.96. The Balaban J connectivity index is 3.29. The van der Waals surface area contributed by atoms with Crippen molar-refractivity contribution in [3.8, 4) is 5.75 Å². The maximum atomic E-state index is 5.81. The normalized spacial score (nSPS) is 9.82. The summed E-state index contributed by atoms with van der Waals surface area (Å²) < 4.78 is 6.87. The summed E-state index contributed by atoms with van der Waals surface area (Å²) in [5.41, 5.74) is 0. The molecule has 4 heteroatoms. The van der Waals surface area contributed by atoms with Crippen molar-refractivity contribution >= 4 is 50.1 Å². The summed E-state index contributed by atoms with van der Waals surface area (Å²) in [6, 6.07) is 4.66. The molecule has 0 amide bonds. The first-order valence-electron chi connectivity index (χ1n) is 2.76. The second-order valence-corrected chi connectivity index (χ2v) is 4.08. The molecule has 0 spiro atoms. The third-order valence-electron chi connectivity index (χ3n) is 1.14. The standard InChI is InChI=1S/C7H4BrClIO/c1-11-7-4(9)2-3-5(10)6(7)8/h2H,1H3. The second-order valence-electron chi connectivity index (χ2n) is 1.80. The average Bonchev–Trinajstić information content (AvgIpc) is 1.99. The summed E-state index contributed by atoms with van der Waals surface area (Å²) in [5, 5.41) is 0.569. The number of halogens is 3. The number of rotatable bonds is 1. The van der Waals surface area contributed by atoms with Gasteiger partial charge in [-0.05, 0) is 50.7 Å². The van der Waals surface area contributed by atoms with Crippen LogP contribution in [0.2, 0.25) is 5.02 Å². The van der Waals surface area contributed by atoms with Gasteiger partial charge in [-0.1, -0.05) is 11.6 Å². The SMILES string of the molecule is COc1c(Cl)c[c]c(I)c1Br. The molecular weight excluding hydrogens is 342 g/mol. The number of methoxy groups -OCH3 is 1. The van der Waals surface area contributed by atoms with Gasteiger partial charge in [0.05, 0.1) is 16.6 Å². The molecule has 0 atom stereocenters. The fourth-order valence-corrected chi connectivity index (χ4v) is 1.88. The molecule has 0 saturated carbocycles. The quantitative estimate of drug-likeness (QED) is 0.559. The Labute approximate surface area is 92.3 Å². The van der Waals surface area contributed by atoms with Crippen LogP contribution in [0.5, 0.6) is 5.75 Å². The van der Waals surface area contributed by atoms with E-state index in [0.717, 1.165) is 8.04 Å². The van der Waals surface area contributed by atoms with Crippen molar-refractivity contribution in [1.29, 1.82) is 0 Å². The lowest BCUT2D eigenvalue weighted by atomic mass is 10.3. The zero-order chi connectivity index (χ0) is 8.43. The Hall–Kier alpha value is 0.520. The van der Waals surface area contributed by atoms with Crippen LogP contribution >= 0.6 is 50.1 Å². The summed E-state index contributed by atoms with van der Waals surface area (Å²) in [5.74, 6) is 0.662. The summed E-state index contributed by atoms with van der Waals surface area (Å²) in [4.78, 5) is 0. The van der Waals surface area contributed by atoms with Crippen molar-refractivity contribution in [3.05, 3.63) is 25.2 Å². The minimum Gasteiger partial charge on any atom is -0.494 e. The molecule has 1 radical (unpaired) electrons. The van der Waals surface area contributed by atoms with Gasteiger partial charge in [0.15, 0.2) is 5.75 Å². The first-order chi connectivity index (χ1) is 5.16. The van der Waals surface area contributed by atoms with E-state index in [1.54, 1.807) is 13.2 Å². The zero-order valence-electron chi connectivity index (χ0n) is 5.62. The topological polar surface area (TPSA) is 9.23 Å². The van der Waals surface area contributed by atoms with Gasteiger partial charge in [0.2, 0.25) is 0 Å².